The first kappa shape index (κ1) is 15.7. The number of amides is 1. The van der Waals surface area contributed by atoms with Gasteiger partial charge >= 0.3 is 0 Å². The fraction of sp³-hybridized carbons (Fsp3) is 0.0476. The molecule has 0 saturated heterocycles. The molecule has 1 heterocycles. The van der Waals surface area contributed by atoms with Gasteiger partial charge in [-0.2, -0.15) is 0 Å². The summed E-state index contributed by atoms with van der Waals surface area (Å²) in [4.78, 5) is 16.4. The quantitative estimate of drug-likeness (QED) is 0.750. The van der Waals surface area contributed by atoms with E-state index in [1.165, 1.54) is 0 Å². The van der Waals surface area contributed by atoms with E-state index in [1.807, 2.05) is 73.8 Å². The van der Waals surface area contributed by atoms with E-state index in [1.54, 1.807) is 18.3 Å². The van der Waals surface area contributed by atoms with Crippen LogP contribution in [0.15, 0.2) is 73.1 Å². The molecule has 0 unspecified atom stereocenters. The molecule has 0 atom stereocenters. The summed E-state index contributed by atoms with van der Waals surface area (Å²) in [7, 11) is 0. The number of pyridine rings is 1. The van der Waals surface area contributed by atoms with Gasteiger partial charge in [-0.05, 0) is 47.9 Å². The van der Waals surface area contributed by atoms with Gasteiger partial charge in [0.1, 0.15) is 0 Å². The van der Waals surface area contributed by atoms with E-state index >= 15 is 0 Å². The fourth-order valence-corrected chi connectivity index (χ4v) is 2.33. The summed E-state index contributed by atoms with van der Waals surface area (Å²) in [5.41, 5.74) is 4.55. The first-order valence-corrected chi connectivity index (χ1v) is 7.77. The number of nitrogens with one attached hydrogen (secondary N) is 1. The molecular weight excluding hydrogens is 296 g/mol. The predicted octanol–water partition coefficient (Wildman–Crippen LogP) is 4.81. The SMILES string of the molecule is Cc1ccc(/C=C/c2cccnc2)cc1NC(=O)c1ccccc1. The Morgan fingerprint density at radius 2 is 1.75 bits per heavy atom. The molecule has 3 nitrogen and oxygen atoms in total. The Bertz CT molecular complexity index is 856. The molecule has 0 aliphatic heterocycles. The minimum absolute atomic E-state index is 0.105. The maximum absolute atomic E-state index is 12.3. The predicted molar refractivity (Wildman–Crippen MR) is 98.7 cm³/mol. The molecule has 1 aromatic heterocycles. The maximum Gasteiger partial charge on any atom is 0.255 e. The van der Waals surface area contributed by atoms with Crippen LogP contribution in [0.25, 0.3) is 12.2 Å². The van der Waals surface area contributed by atoms with E-state index in [0.717, 1.165) is 22.4 Å². The highest BCUT2D eigenvalue weighted by Crippen LogP contribution is 2.19. The Kier molecular flexibility index (Phi) is 4.82. The summed E-state index contributed by atoms with van der Waals surface area (Å²) in [6, 6.07) is 19.1. The molecule has 118 valence electrons. The summed E-state index contributed by atoms with van der Waals surface area (Å²) < 4.78 is 0. The maximum atomic E-state index is 12.3. The lowest BCUT2D eigenvalue weighted by molar-refractivity contribution is 0.102. The summed E-state index contributed by atoms with van der Waals surface area (Å²) in [5, 5.41) is 2.98. The molecule has 3 aromatic rings. The summed E-state index contributed by atoms with van der Waals surface area (Å²) in [6.07, 6.45) is 7.57. The lowest BCUT2D eigenvalue weighted by atomic mass is 10.1. The molecule has 1 amide bonds. The van der Waals surface area contributed by atoms with Crippen molar-refractivity contribution in [3.63, 3.8) is 0 Å². The lowest BCUT2D eigenvalue weighted by Gasteiger charge is -2.09. The third kappa shape index (κ3) is 3.96. The minimum Gasteiger partial charge on any atom is -0.322 e. The van der Waals surface area contributed by atoms with Crippen LogP contribution in [0.3, 0.4) is 0 Å². The van der Waals surface area contributed by atoms with Crippen molar-refractivity contribution in [2.75, 3.05) is 5.32 Å². The van der Waals surface area contributed by atoms with Gasteiger partial charge in [-0.15, -0.1) is 0 Å². The molecule has 0 aliphatic carbocycles. The summed E-state index contributed by atoms with van der Waals surface area (Å²) >= 11 is 0. The van der Waals surface area contributed by atoms with Crippen molar-refractivity contribution >= 4 is 23.7 Å². The second-order valence-electron chi connectivity index (χ2n) is 5.51. The molecule has 3 rings (SSSR count). The molecule has 3 heteroatoms. The zero-order valence-electron chi connectivity index (χ0n) is 13.4. The van der Waals surface area contributed by atoms with Crippen molar-refractivity contribution in [1.82, 2.24) is 4.98 Å². The van der Waals surface area contributed by atoms with Gasteiger partial charge in [-0.1, -0.05) is 48.6 Å². The van der Waals surface area contributed by atoms with E-state index in [4.69, 9.17) is 0 Å². The smallest absolute Gasteiger partial charge is 0.255 e. The summed E-state index contributed by atoms with van der Waals surface area (Å²) in [6.45, 7) is 1.98. The van der Waals surface area contributed by atoms with Crippen molar-refractivity contribution in [2.45, 2.75) is 6.92 Å². The number of hydrogen-bond donors (Lipinski definition) is 1. The number of anilines is 1. The van der Waals surface area contributed by atoms with Crippen LogP contribution in [0.1, 0.15) is 27.0 Å². The van der Waals surface area contributed by atoms with Crippen LogP contribution in [-0.2, 0) is 0 Å². The van der Waals surface area contributed by atoms with Crippen molar-refractivity contribution in [3.8, 4) is 0 Å². The van der Waals surface area contributed by atoms with E-state index < -0.39 is 0 Å². The summed E-state index contributed by atoms with van der Waals surface area (Å²) in [5.74, 6) is -0.105. The monoisotopic (exact) mass is 314 g/mol. The molecule has 0 spiro atoms. The van der Waals surface area contributed by atoms with E-state index in [2.05, 4.69) is 10.3 Å². The van der Waals surface area contributed by atoms with Gasteiger partial charge in [-0.25, -0.2) is 0 Å². The second kappa shape index (κ2) is 7.38. The van der Waals surface area contributed by atoms with Crippen molar-refractivity contribution < 1.29 is 4.79 Å². The van der Waals surface area contributed by atoms with E-state index in [-0.39, 0.29) is 5.91 Å². The van der Waals surface area contributed by atoms with Crippen LogP contribution in [-0.4, -0.2) is 10.9 Å². The molecule has 0 aliphatic rings. The van der Waals surface area contributed by atoms with Gasteiger partial charge in [0.15, 0.2) is 0 Å². The number of carbonyl (C=O) groups is 1. The molecule has 24 heavy (non-hydrogen) atoms. The van der Waals surface area contributed by atoms with Crippen LogP contribution in [0, 0.1) is 6.92 Å². The van der Waals surface area contributed by atoms with Gasteiger partial charge in [0.25, 0.3) is 5.91 Å². The Hall–Kier alpha value is -3.20. The highest BCUT2D eigenvalue weighted by Gasteiger charge is 2.07. The lowest BCUT2D eigenvalue weighted by Crippen LogP contribution is -2.12. The van der Waals surface area contributed by atoms with Crippen LogP contribution in [0.2, 0.25) is 0 Å². The van der Waals surface area contributed by atoms with E-state index in [0.29, 0.717) is 5.56 Å². The largest absolute Gasteiger partial charge is 0.322 e. The third-order valence-electron chi connectivity index (χ3n) is 3.70. The number of aromatic nitrogens is 1. The molecule has 0 saturated carbocycles. The number of rotatable bonds is 4. The molecular formula is C21H18N2O. The standard InChI is InChI=1S/C21H18N2O/c1-16-9-10-17(11-12-18-6-5-13-22-15-18)14-20(16)23-21(24)19-7-3-2-4-8-19/h2-15H,1H3,(H,23,24)/b12-11+. The van der Waals surface area contributed by atoms with Gasteiger partial charge in [-0.3, -0.25) is 9.78 Å². The average Bonchev–Trinajstić information content (AvgIpc) is 2.64. The van der Waals surface area contributed by atoms with Crippen LogP contribution in [0.4, 0.5) is 5.69 Å². The zero-order chi connectivity index (χ0) is 16.8. The highest BCUT2D eigenvalue weighted by atomic mass is 16.1. The third-order valence-corrected chi connectivity index (χ3v) is 3.70. The number of carbonyl (C=O) groups excluding carboxylic acids is 1. The Labute approximate surface area is 141 Å². The second-order valence-corrected chi connectivity index (χ2v) is 5.51. The zero-order valence-corrected chi connectivity index (χ0v) is 13.4. The van der Waals surface area contributed by atoms with E-state index in [9.17, 15) is 4.79 Å². The molecule has 0 bridgehead atoms. The number of hydrogen-bond acceptors (Lipinski definition) is 2. The highest BCUT2D eigenvalue weighted by molar-refractivity contribution is 6.04. The molecule has 0 fully saturated rings. The number of nitrogens with zero attached hydrogens (tertiary/aromatic N) is 1. The average molecular weight is 314 g/mol. The molecule has 2 aromatic carbocycles. The van der Waals surface area contributed by atoms with Crippen molar-refractivity contribution in [2.24, 2.45) is 0 Å². The van der Waals surface area contributed by atoms with Crippen LogP contribution >= 0.6 is 0 Å². The first-order valence-electron chi connectivity index (χ1n) is 7.77. The Morgan fingerprint density at radius 3 is 2.50 bits per heavy atom. The molecule has 1 N–H and O–H groups in total. The normalized spacial score (nSPS) is 10.7. The Morgan fingerprint density at radius 1 is 0.958 bits per heavy atom. The van der Waals surface area contributed by atoms with Crippen LogP contribution < -0.4 is 5.32 Å². The number of benzene rings is 2. The Balaban J connectivity index is 1.79. The first-order chi connectivity index (χ1) is 11.7. The van der Waals surface area contributed by atoms with Gasteiger partial charge in [0, 0.05) is 23.6 Å². The minimum atomic E-state index is -0.105. The van der Waals surface area contributed by atoms with Gasteiger partial charge in [0.2, 0.25) is 0 Å². The van der Waals surface area contributed by atoms with Gasteiger partial charge in [0.05, 0.1) is 0 Å². The van der Waals surface area contributed by atoms with Gasteiger partial charge < -0.3 is 5.32 Å². The topological polar surface area (TPSA) is 42.0 Å². The number of aryl methyl sites for hydroxylation is 1. The van der Waals surface area contributed by atoms with Crippen molar-refractivity contribution in [1.29, 1.82) is 0 Å². The molecule has 0 radical (unpaired) electrons. The fourth-order valence-electron chi connectivity index (χ4n) is 2.33. The van der Waals surface area contributed by atoms with Crippen LogP contribution in [0.5, 0.6) is 0 Å². The van der Waals surface area contributed by atoms with Crippen molar-refractivity contribution in [3.05, 3.63) is 95.3 Å².